The van der Waals surface area contributed by atoms with Crippen molar-refractivity contribution in [2.45, 2.75) is 6.42 Å². The van der Waals surface area contributed by atoms with E-state index in [1.54, 1.807) is 48.5 Å². The Morgan fingerprint density at radius 2 is 1.70 bits per heavy atom. The molecule has 2 aromatic rings. The molecule has 1 aliphatic heterocycles. The summed E-state index contributed by atoms with van der Waals surface area (Å²) in [5, 5.41) is 9.12. The van der Waals surface area contributed by atoms with Gasteiger partial charge in [0.2, 0.25) is 5.91 Å². The van der Waals surface area contributed by atoms with Crippen LogP contribution in [0.3, 0.4) is 0 Å². The molecular weight excluding hydrogens is 252 g/mol. The monoisotopic (exact) mass is 262 g/mol. The minimum absolute atomic E-state index is 0.168. The fourth-order valence-corrected chi connectivity index (χ4v) is 2.37. The maximum absolute atomic E-state index is 12.5. The summed E-state index contributed by atoms with van der Waals surface area (Å²) in [5.41, 5.74) is 1.90. The molecular formula is C16H10N2O2. The molecule has 4 nitrogen and oxygen atoms in total. The number of hydrogen-bond acceptors (Lipinski definition) is 3. The molecule has 2 aromatic carbocycles. The van der Waals surface area contributed by atoms with Crippen LogP contribution >= 0.6 is 0 Å². The zero-order valence-corrected chi connectivity index (χ0v) is 10.5. The van der Waals surface area contributed by atoms with E-state index in [0.29, 0.717) is 16.8 Å². The number of anilines is 1. The number of nitrogens with zero attached hydrogens (tertiary/aromatic N) is 2. The molecule has 1 heterocycles. The fraction of sp³-hybridized carbons (Fsp3) is 0.0625. The number of para-hydroxylation sites is 1. The summed E-state index contributed by atoms with van der Waals surface area (Å²) >= 11 is 0. The van der Waals surface area contributed by atoms with Crippen molar-refractivity contribution in [1.29, 1.82) is 5.26 Å². The Hall–Kier alpha value is -2.93. The van der Waals surface area contributed by atoms with Crippen molar-refractivity contribution in [1.82, 2.24) is 0 Å². The zero-order valence-electron chi connectivity index (χ0n) is 10.5. The van der Waals surface area contributed by atoms with Gasteiger partial charge in [-0.1, -0.05) is 30.3 Å². The normalized spacial score (nSPS) is 13.8. The number of rotatable bonds is 1. The molecule has 0 aromatic heterocycles. The maximum atomic E-state index is 12.5. The number of carbonyl (C=O) groups is 2. The van der Waals surface area contributed by atoms with Crippen molar-refractivity contribution in [3.05, 3.63) is 65.2 Å². The molecule has 0 spiro atoms. The van der Waals surface area contributed by atoms with Crippen LogP contribution in [0, 0.1) is 11.3 Å². The second-order valence-corrected chi connectivity index (χ2v) is 4.50. The molecule has 0 bridgehead atoms. The lowest BCUT2D eigenvalue weighted by Crippen LogP contribution is -2.42. The van der Waals surface area contributed by atoms with Gasteiger partial charge >= 0.3 is 0 Å². The predicted octanol–water partition coefficient (Wildman–Crippen LogP) is 2.29. The SMILES string of the molecule is N#Cc1ccccc1N1C(=O)Cc2ccccc2C1=O. The van der Waals surface area contributed by atoms with Crippen LogP contribution in [-0.4, -0.2) is 11.8 Å². The number of amides is 2. The van der Waals surface area contributed by atoms with Gasteiger partial charge in [-0.05, 0) is 23.8 Å². The molecule has 1 aliphatic rings. The van der Waals surface area contributed by atoms with Crippen LogP contribution < -0.4 is 4.90 Å². The van der Waals surface area contributed by atoms with Crippen molar-refractivity contribution >= 4 is 17.5 Å². The highest BCUT2D eigenvalue weighted by molar-refractivity contribution is 6.25. The summed E-state index contributed by atoms with van der Waals surface area (Å²) in [6.07, 6.45) is 0.168. The molecule has 0 atom stereocenters. The van der Waals surface area contributed by atoms with Crippen LogP contribution in [-0.2, 0) is 11.2 Å². The highest BCUT2D eigenvalue weighted by Gasteiger charge is 2.32. The van der Waals surface area contributed by atoms with E-state index in [2.05, 4.69) is 0 Å². The van der Waals surface area contributed by atoms with Gasteiger partial charge in [0.15, 0.2) is 0 Å². The lowest BCUT2D eigenvalue weighted by Gasteiger charge is -2.27. The van der Waals surface area contributed by atoms with E-state index in [-0.39, 0.29) is 18.2 Å². The molecule has 0 N–H and O–H groups in total. The number of nitriles is 1. The van der Waals surface area contributed by atoms with Gasteiger partial charge in [0.05, 0.1) is 17.7 Å². The smallest absolute Gasteiger partial charge is 0.265 e. The second kappa shape index (κ2) is 4.63. The van der Waals surface area contributed by atoms with Gasteiger partial charge in [0.25, 0.3) is 5.91 Å². The van der Waals surface area contributed by atoms with Gasteiger partial charge in [0.1, 0.15) is 6.07 Å². The average Bonchev–Trinajstić information content (AvgIpc) is 2.48. The second-order valence-electron chi connectivity index (χ2n) is 4.50. The summed E-state index contributed by atoms with van der Waals surface area (Å²) < 4.78 is 0. The standard InChI is InChI=1S/C16H10N2O2/c17-10-12-6-2-4-8-14(12)18-15(19)9-11-5-1-3-7-13(11)16(18)20/h1-8H,9H2. The van der Waals surface area contributed by atoms with Crippen molar-refractivity contribution in [2.75, 3.05) is 4.90 Å². The number of benzene rings is 2. The van der Waals surface area contributed by atoms with E-state index in [9.17, 15) is 9.59 Å². The minimum atomic E-state index is -0.375. The molecule has 4 heteroatoms. The first-order chi connectivity index (χ1) is 9.72. The first-order valence-electron chi connectivity index (χ1n) is 6.16. The molecule has 0 saturated carbocycles. The highest BCUT2D eigenvalue weighted by Crippen LogP contribution is 2.27. The number of fused-ring (bicyclic) bond motifs is 1. The molecule has 96 valence electrons. The van der Waals surface area contributed by atoms with Gasteiger partial charge in [0, 0.05) is 5.56 Å². The highest BCUT2D eigenvalue weighted by atomic mass is 16.2. The van der Waals surface area contributed by atoms with Gasteiger partial charge in [-0.25, -0.2) is 4.90 Å². The molecule has 0 fully saturated rings. The van der Waals surface area contributed by atoms with Crippen LogP contribution in [0.4, 0.5) is 5.69 Å². The van der Waals surface area contributed by atoms with Crippen molar-refractivity contribution in [3.63, 3.8) is 0 Å². The number of hydrogen-bond donors (Lipinski definition) is 0. The largest absolute Gasteiger partial charge is 0.274 e. The summed E-state index contributed by atoms with van der Waals surface area (Å²) in [6, 6.07) is 15.7. The van der Waals surface area contributed by atoms with Gasteiger partial charge in [-0.15, -0.1) is 0 Å². The predicted molar refractivity (Wildman–Crippen MR) is 73.1 cm³/mol. The first-order valence-corrected chi connectivity index (χ1v) is 6.16. The number of imide groups is 1. The Kier molecular flexibility index (Phi) is 2.81. The zero-order chi connectivity index (χ0) is 14.1. The molecule has 3 rings (SSSR count). The Labute approximate surface area is 115 Å². The lowest BCUT2D eigenvalue weighted by atomic mass is 9.97. The van der Waals surface area contributed by atoms with Gasteiger partial charge in [-0.2, -0.15) is 5.26 Å². The van der Waals surface area contributed by atoms with Gasteiger partial charge < -0.3 is 0 Å². The fourth-order valence-electron chi connectivity index (χ4n) is 2.37. The van der Waals surface area contributed by atoms with E-state index in [4.69, 9.17) is 5.26 Å². The van der Waals surface area contributed by atoms with E-state index in [0.717, 1.165) is 10.5 Å². The third-order valence-corrected chi connectivity index (χ3v) is 3.31. The van der Waals surface area contributed by atoms with Crippen LogP contribution in [0.2, 0.25) is 0 Å². The van der Waals surface area contributed by atoms with Crippen LogP contribution in [0.1, 0.15) is 21.5 Å². The van der Waals surface area contributed by atoms with Crippen LogP contribution in [0.5, 0.6) is 0 Å². The van der Waals surface area contributed by atoms with Crippen LogP contribution in [0.25, 0.3) is 0 Å². The van der Waals surface area contributed by atoms with Gasteiger partial charge in [-0.3, -0.25) is 9.59 Å². The third kappa shape index (κ3) is 1.77. The summed E-state index contributed by atoms with van der Waals surface area (Å²) in [4.78, 5) is 25.8. The molecule has 0 unspecified atom stereocenters. The molecule has 0 aliphatic carbocycles. The quantitative estimate of drug-likeness (QED) is 0.741. The Morgan fingerprint density at radius 3 is 2.50 bits per heavy atom. The lowest BCUT2D eigenvalue weighted by molar-refractivity contribution is -0.117. The minimum Gasteiger partial charge on any atom is -0.274 e. The Morgan fingerprint density at radius 1 is 1.00 bits per heavy atom. The van der Waals surface area contributed by atoms with E-state index >= 15 is 0 Å². The summed E-state index contributed by atoms with van der Waals surface area (Å²) in [6.45, 7) is 0. The van der Waals surface area contributed by atoms with E-state index in [1.807, 2.05) is 6.07 Å². The van der Waals surface area contributed by atoms with Crippen molar-refractivity contribution < 1.29 is 9.59 Å². The maximum Gasteiger partial charge on any atom is 0.265 e. The third-order valence-electron chi connectivity index (χ3n) is 3.31. The molecule has 2 amide bonds. The summed E-state index contributed by atoms with van der Waals surface area (Å²) in [7, 11) is 0. The van der Waals surface area contributed by atoms with Crippen LogP contribution in [0.15, 0.2) is 48.5 Å². The number of carbonyl (C=O) groups excluding carboxylic acids is 2. The van der Waals surface area contributed by atoms with E-state index in [1.165, 1.54) is 0 Å². The topological polar surface area (TPSA) is 61.2 Å². The Balaban J connectivity index is 2.15. The molecule has 0 radical (unpaired) electrons. The summed E-state index contributed by atoms with van der Waals surface area (Å²) in [5.74, 6) is -0.684. The van der Waals surface area contributed by atoms with Crippen molar-refractivity contribution in [2.24, 2.45) is 0 Å². The first kappa shape index (κ1) is 12.1. The molecule has 20 heavy (non-hydrogen) atoms. The average molecular weight is 262 g/mol. The van der Waals surface area contributed by atoms with E-state index < -0.39 is 0 Å². The Bertz CT molecular complexity index is 759. The van der Waals surface area contributed by atoms with Crippen molar-refractivity contribution in [3.8, 4) is 6.07 Å². The molecule has 0 saturated heterocycles.